The maximum atomic E-state index is 12.5. The summed E-state index contributed by atoms with van der Waals surface area (Å²) in [4.78, 5) is 39.7. The van der Waals surface area contributed by atoms with Crippen LogP contribution in [-0.4, -0.2) is 65.8 Å². The van der Waals surface area contributed by atoms with Crippen molar-refractivity contribution < 1.29 is 19.1 Å². The zero-order valence-corrected chi connectivity index (χ0v) is 16.8. The lowest BCUT2D eigenvalue weighted by Crippen LogP contribution is -2.43. The minimum Gasteiger partial charge on any atom is -0.494 e. The molecule has 0 saturated carbocycles. The fourth-order valence-corrected chi connectivity index (χ4v) is 3.80. The lowest BCUT2D eigenvalue weighted by atomic mass is 10.0. The number of Topliss-reactive ketones (excluding diaryl/α,β-unsaturated/α-hetero) is 1. The molecule has 3 rings (SSSR count). The number of rotatable bonds is 8. The highest BCUT2D eigenvalue weighted by Gasteiger charge is 2.44. The SMILES string of the molecule is CC(=O)c1ccc(OCCCN2CC[C@@H](N3C(=O)N[C@H](C(C)C)C3=O)C2)cc1. The van der Waals surface area contributed by atoms with Gasteiger partial charge in [-0.2, -0.15) is 0 Å². The van der Waals surface area contributed by atoms with Crippen LogP contribution >= 0.6 is 0 Å². The molecule has 0 aromatic heterocycles. The number of benzene rings is 1. The third kappa shape index (κ3) is 4.52. The summed E-state index contributed by atoms with van der Waals surface area (Å²) >= 11 is 0. The van der Waals surface area contributed by atoms with E-state index in [0.717, 1.165) is 38.2 Å². The van der Waals surface area contributed by atoms with E-state index in [9.17, 15) is 14.4 Å². The van der Waals surface area contributed by atoms with Gasteiger partial charge in [-0.05, 0) is 49.9 Å². The number of nitrogens with one attached hydrogen (secondary N) is 1. The van der Waals surface area contributed by atoms with Crippen LogP contribution < -0.4 is 10.1 Å². The standard InChI is InChI=1S/C21H29N3O4/c1-14(2)19-20(26)24(21(27)22-19)17-9-11-23(13-17)10-4-12-28-18-7-5-16(6-8-18)15(3)25/h5-8,14,17,19H,4,9-13H2,1-3H3,(H,22,27)/t17-,19-/m1/s1. The average molecular weight is 387 g/mol. The summed E-state index contributed by atoms with van der Waals surface area (Å²) in [5.41, 5.74) is 0.677. The van der Waals surface area contributed by atoms with Crippen LogP contribution in [0.1, 0.15) is 44.0 Å². The molecule has 2 atom stereocenters. The van der Waals surface area contributed by atoms with Crippen LogP contribution in [-0.2, 0) is 4.79 Å². The number of nitrogens with zero attached hydrogens (tertiary/aromatic N) is 2. The molecule has 28 heavy (non-hydrogen) atoms. The summed E-state index contributed by atoms with van der Waals surface area (Å²) in [6.45, 7) is 8.47. The summed E-state index contributed by atoms with van der Waals surface area (Å²) < 4.78 is 5.74. The van der Waals surface area contributed by atoms with Gasteiger partial charge in [-0.1, -0.05) is 13.8 Å². The van der Waals surface area contributed by atoms with Crippen molar-refractivity contribution in [3.63, 3.8) is 0 Å². The number of ether oxygens (including phenoxy) is 1. The third-order valence-electron chi connectivity index (χ3n) is 5.43. The summed E-state index contributed by atoms with van der Waals surface area (Å²) in [6.07, 6.45) is 1.67. The molecule has 2 aliphatic rings. The summed E-state index contributed by atoms with van der Waals surface area (Å²) in [7, 11) is 0. The Kier molecular flexibility index (Phi) is 6.34. The van der Waals surface area contributed by atoms with E-state index in [0.29, 0.717) is 12.2 Å². The zero-order valence-electron chi connectivity index (χ0n) is 16.8. The molecule has 0 spiro atoms. The fraction of sp³-hybridized carbons (Fsp3) is 0.571. The van der Waals surface area contributed by atoms with Crippen molar-refractivity contribution in [1.29, 1.82) is 0 Å². The van der Waals surface area contributed by atoms with E-state index in [1.165, 1.54) is 4.90 Å². The van der Waals surface area contributed by atoms with Crippen LogP contribution in [0.4, 0.5) is 4.79 Å². The first-order valence-corrected chi connectivity index (χ1v) is 9.96. The van der Waals surface area contributed by atoms with Crippen LogP contribution in [0, 0.1) is 5.92 Å². The molecule has 0 unspecified atom stereocenters. The van der Waals surface area contributed by atoms with E-state index >= 15 is 0 Å². The summed E-state index contributed by atoms with van der Waals surface area (Å²) in [6, 6.07) is 6.46. The smallest absolute Gasteiger partial charge is 0.325 e. The Morgan fingerprint density at radius 2 is 1.96 bits per heavy atom. The largest absolute Gasteiger partial charge is 0.494 e. The molecule has 2 aliphatic heterocycles. The van der Waals surface area contributed by atoms with E-state index in [1.807, 2.05) is 26.0 Å². The first kappa shape index (κ1) is 20.3. The van der Waals surface area contributed by atoms with Crippen LogP contribution in [0.3, 0.4) is 0 Å². The number of carbonyl (C=O) groups is 3. The van der Waals surface area contributed by atoms with Crippen molar-refractivity contribution in [2.24, 2.45) is 5.92 Å². The van der Waals surface area contributed by atoms with Gasteiger partial charge < -0.3 is 15.0 Å². The molecule has 7 nitrogen and oxygen atoms in total. The lowest BCUT2D eigenvalue weighted by molar-refractivity contribution is -0.129. The zero-order chi connectivity index (χ0) is 20.3. The molecule has 2 saturated heterocycles. The predicted molar refractivity (Wildman–Crippen MR) is 105 cm³/mol. The van der Waals surface area contributed by atoms with Gasteiger partial charge in [0, 0.05) is 25.2 Å². The molecular weight excluding hydrogens is 358 g/mol. The molecule has 1 aromatic rings. The van der Waals surface area contributed by atoms with Crippen molar-refractivity contribution >= 4 is 17.7 Å². The molecule has 1 aromatic carbocycles. The first-order chi connectivity index (χ1) is 13.4. The second kappa shape index (κ2) is 8.73. The van der Waals surface area contributed by atoms with Crippen molar-refractivity contribution in [3.8, 4) is 5.75 Å². The Morgan fingerprint density at radius 3 is 2.57 bits per heavy atom. The van der Waals surface area contributed by atoms with Gasteiger partial charge in [0.2, 0.25) is 0 Å². The molecule has 152 valence electrons. The second-order valence-corrected chi connectivity index (χ2v) is 7.91. The van der Waals surface area contributed by atoms with E-state index in [2.05, 4.69) is 10.2 Å². The number of carbonyl (C=O) groups excluding carboxylic acids is 3. The third-order valence-corrected chi connectivity index (χ3v) is 5.43. The molecule has 7 heteroatoms. The van der Waals surface area contributed by atoms with E-state index in [4.69, 9.17) is 4.74 Å². The number of amides is 3. The molecule has 2 fully saturated rings. The topological polar surface area (TPSA) is 79.0 Å². The molecule has 0 radical (unpaired) electrons. The maximum Gasteiger partial charge on any atom is 0.325 e. The minimum atomic E-state index is -0.399. The van der Waals surface area contributed by atoms with Gasteiger partial charge in [-0.25, -0.2) is 4.79 Å². The Balaban J connectivity index is 1.41. The van der Waals surface area contributed by atoms with Crippen LogP contribution in [0.5, 0.6) is 5.75 Å². The van der Waals surface area contributed by atoms with Crippen molar-refractivity contribution in [3.05, 3.63) is 29.8 Å². The molecule has 0 bridgehead atoms. The minimum absolute atomic E-state index is 0.0417. The van der Waals surface area contributed by atoms with Gasteiger partial charge in [0.05, 0.1) is 12.6 Å². The second-order valence-electron chi connectivity index (χ2n) is 7.91. The Bertz CT molecular complexity index is 732. The van der Waals surface area contributed by atoms with Gasteiger partial charge in [-0.15, -0.1) is 0 Å². The van der Waals surface area contributed by atoms with Crippen LogP contribution in [0.2, 0.25) is 0 Å². The van der Waals surface area contributed by atoms with E-state index in [-0.39, 0.29) is 29.7 Å². The molecule has 0 aliphatic carbocycles. The quantitative estimate of drug-likeness (QED) is 0.421. The van der Waals surface area contributed by atoms with Gasteiger partial charge >= 0.3 is 6.03 Å². The van der Waals surface area contributed by atoms with Gasteiger partial charge in [0.25, 0.3) is 5.91 Å². The molecular formula is C21H29N3O4. The highest BCUT2D eigenvalue weighted by atomic mass is 16.5. The number of hydrogen-bond donors (Lipinski definition) is 1. The molecule has 2 heterocycles. The number of ketones is 1. The Morgan fingerprint density at radius 1 is 1.25 bits per heavy atom. The average Bonchev–Trinajstić information content (AvgIpc) is 3.23. The van der Waals surface area contributed by atoms with E-state index in [1.54, 1.807) is 19.1 Å². The normalized spacial score (nSPS) is 22.8. The lowest BCUT2D eigenvalue weighted by Gasteiger charge is -2.22. The van der Waals surface area contributed by atoms with Gasteiger partial charge in [0.15, 0.2) is 5.78 Å². The highest BCUT2D eigenvalue weighted by molar-refractivity contribution is 6.04. The molecule has 3 amide bonds. The van der Waals surface area contributed by atoms with Crippen molar-refractivity contribution in [2.75, 3.05) is 26.2 Å². The van der Waals surface area contributed by atoms with Crippen LogP contribution in [0.25, 0.3) is 0 Å². The van der Waals surface area contributed by atoms with Crippen molar-refractivity contribution in [2.45, 2.75) is 45.7 Å². The predicted octanol–water partition coefficient (Wildman–Crippen LogP) is 2.31. The Labute approximate surface area is 166 Å². The monoisotopic (exact) mass is 387 g/mol. The summed E-state index contributed by atoms with van der Waals surface area (Å²) in [5.74, 6) is 0.799. The van der Waals surface area contributed by atoms with Gasteiger partial charge in [0.1, 0.15) is 11.8 Å². The highest BCUT2D eigenvalue weighted by Crippen LogP contribution is 2.22. The van der Waals surface area contributed by atoms with Gasteiger partial charge in [-0.3, -0.25) is 14.5 Å². The Hall–Kier alpha value is -2.41. The number of imide groups is 1. The maximum absolute atomic E-state index is 12.5. The summed E-state index contributed by atoms with van der Waals surface area (Å²) in [5, 5.41) is 2.80. The van der Waals surface area contributed by atoms with Crippen LogP contribution in [0.15, 0.2) is 24.3 Å². The number of urea groups is 1. The fourth-order valence-electron chi connectivity index (χ4n) is 3.80. The molecule has 1 N–H and O–H groups in total. The first-order valence-electron chi connectivity index (χ1n) is 9.96. The number of hydrogen-bond acceptors (Lipinski definition) is 5. The number of likely N-dealkylation sites (tertiary alicyclic amines) is 1. The van der Waals surface area contributed by atoms with Crippen molar-refractivity contribution in [1.82, 2.24) is 15.1 Å². The van der Waals surface area contributed by atoms with E-state index < -0.39 is 6.04 Å².